The van der Waals surface area contributed by atoms with Crippen LogP contribution in [0.4, 0.5) is 0 Å². The normalized spacial score (nSPS) is 9.62. The standard InChI is InChI=1S/C10H12N2O4/c1-3-15-9(13)7-5-12-8(6-11-7)10(14)16-4-2/h5-6H,3-4H2,1-2H3. The van der Waals surface area contributed by atoms with Crippen molar-refractivity contribution in [2.75, 3.05) is 13.2 Å². The van der Waals surface area contributed by atoms with Crippen LogP contribution in [0.1, 0.15) is 34.8 Å². The molecule has 0 fully saturated rings. The van der Waals surface area contributed by atoms with E-state index in [-0.39, 0.29) is 24.6 Å². The average Bonchev–Trinajstić information content (AvgIpc) is 2.30. The molecule has 0 aromatic carbocycles. The van der Waals surface area contributed by atoms with Crippen molar-refractivity contribution in [3.63, 3.8) is 0 Å². The van der Waals surface area contributed by atoms with Gasteiger partial charge < -0.3 is 9.47 Å². The van der Waals surface area contributed by atoms with Crippen LogP contribution in [-0.2, 0) is 9.47 Å². The van der Waals surface area contributed by atoms with Crippen LogP contribution >= 0.6 is 0 Å². The van der Waals surface area contributed by atoms with E-state index in [0.29, 0.717) is 0 Å². The van der Waals surface area contributed by atoms with Crippen LogP contribution in [0.2, 0.25) is 0 Å². The number of esters is 2. The number of hydrogen-bond donors (Lipinski definition) is 0. The Morgan fingerprint density at radius 3 is 1.62 bits per heavy atom. The highest BCUT2D eigenvalue weighted by molar-refractivity contribution is 5.89. The molecule has 0 saturated carbocycles. The maximum absolute atomic E-state index is 11.2. The Morgan fingerprint density at radius 2 is 1.38 bits per heavy atom. The third kappa shape index (κ3) is 3.01. The van der Waals surface area contributed by atoms with Crippen molar-refractivity contribution >= 4 is 11.9 Å². The van der Waals surface area contributed by atoms with E-state index in [1.54, 1.807) is 13.8 Å². The Balaban J connectivity index is 2.75. The first kappa shape index (κ1) is 12.1. The molecule has 0 aliphatic heterocycles. The lowest BCUT2D eigenvalue weighted by Gasteiger charge is -2.02. The highest BCUT2D eigenvalue weighted by Crippen LogP contribution is 2.00. The predicted octanol–water partition coefficient (Wildman–Crippen LogP) is 0.830. The molecule has 0 aliphatic carbocycles. The van der Waals surface area contributed by atoms with E-state index < -0.39 is 11.9 Å². The molecular formula is C10H12N2O4. The van der Waals surface area contributed by atoms with Crippen LogP contribution in [0.5, 0.6) is 0 Å². The average molecular weight is 224 g/mol. The Morgan fingerprint density at radius 1 is 1.00 bits per heavy atom. The summed E-state index contributed by atoms with van der Waals surface area (Å²) in [6.45, 7) is 3.91. The molecule has 0 radical (unpaired) electrons. The van der Waals surface area contributed by atoms with Gasteiger partial charge >= 0.3 is 11.9 Å². The summed E-state index contributed by atoms with van der Waals surface area (Å²) < 4.78 is 9.44. The summed E-state index contributed by atoms with van der Waals surface area (Å²) in [6.07, 6.45) is 2.37. The van der Waals surface area contributed by atoms with E-state index >= 15 is 0 Å². The van der Waals surface area contributed by atoms with Gasteiger partial charge in [-0.05, 0) is 13.8 Å². The summed E-state index contributed by atoms with van der Waals surface area (Å²) in [5.74, 6) is -1.13. The molecule has 0 unspecified atom stereocenters. The predicted molar refractivity (Wildman–Crippen MR) is 53.9 cm³/mol. The largest absolute Gasteiger partial charge is 0.461 e. The van der Waals surface area contributed by atoms with Gasteiger partial charge in [-0.1, -0.05) is 0 Å². The summed E-state index contributed by atoms with van der Waals surface area (Å²) in [5, 5.41) is 0. The third-order valence-electron chi connectivity index (χ3n) is 1.62. The summed E-state index contributed by atoms with van der Waals surface area (Å²) in [4.78, 5) is 29.9. The molecule has 0 amide bonds. The van der Waals surface area contributed by atoms with Crippen LogP contribution in [0, 0.1) is 0 Å². The van der Waals surface area contributed by atoms with Crippen LogP contribution < -0.4 is 0 Å². The summed E-state index contributed by atoms with van der Waals surface area (Å²) in [5.41, 5.74) is 0.129. The molecule has 1 rings (SSSR count). The first-order chi connectivity index (χ1) is 7.69. The number of aromatic nitrogens is 2. The zero-order valence-corrected chi connectivity index (χ0v) is 9.10. The number of rotatable bonds is 4. The highest BCUT2D eigenvalue weighted by Gasteiger charge is 2.12. The van der Waals surface area contributed by atoms with Gasteiger partial charge in [0.15, 0.2) is 11.4 Å². The molecule has 86 valence electrons. The molecule has 0 bridgehead atoms. The van der Waals surface area contributed by atoms with Gasteiger partial charge in [-0.2, -0.15) is 0 Å². The van der Waals surface area contributed by atoms with Crippen molar-refractivity contribution < 1.29 is 19.1 Å². The van der Waals surface area contributed by atoms with E-state index in [0.717, 1.165) is 0 Å². The lowest BCUT2D eigenvalue weighted by atomic mass is 10.4. The molecule has 6 heteroatoms. The van der Waals surface area contributed by atoms with E-state index in [1.807, 2.05) is 0 Å². The minimum Gasteiger partial charge on any atom is -0.461 e. The van der Waals surface area contributed by atoms with Gasteiger partial charge in [-0.15, -0.1) is 0 Å². The van der Waals surface area contributed by atoms with Gasteiger partial charge in [0.1, 0.15) is 0 Å². The zero-order chi connectivity index (χ0) is 12.0. The van der Waals surface area contributed by atoms with Gasteiger partial charge in [0.2, 0.25) is 0 Å². The van der Waals surface area contributed by atoms with E-state index in [4.69, 9.17) is 9.47 Å². The van der Waals surface area contributed by atoms with Gasteiger partial charge in [0.05, 0.1) is 25.6 Å². The topological polar surface area (TPSA) is 78.4 Å². The van der Waals surface area contributed by atoms with Crippen LogP contribution in [-0.4, -0.2) is 35.1 Å². The van der Waals surface area contributed by atoms with Gasteiger partial charge in [0, 0.05) is 0 Å². The van der Waals surface area contributed by atoms with Crippen LogP contribution in [0.15, 0.2) is 12.4 Å². The first-order valence-corrected chi connectivity index (χ1v) is 4.85. The van der Waals surface area contributed by atoms with Crippen molar-refractivity contribution in [2.24, 2.45) is 0 Å². The molecule has 0 saturated heterocycles. The second-order valence-electron chi connectivity index (χ2n) is 2.73. The lowest BCUT2D eigenvalue weighted by Crippen LogP contribution is -2.11. The number of nitrogens with zero attached hydrogens (tertiary/aromatic N) is 2. The molecule has 0 N–H and O–H groups in total. The third-order valence-corrected chi connectivity index (χ3v) is 1.62. The molecular weight excluding hydrogens is 212 g/mol. The minimum absolute atomic E-state index is 0.0647. The molecule has 1 aromatic rings. The Bertz CT molecular complexity index is 338. The quantitative estimate of drug-likeness (QED) is 0.705. The van der Waals surface area contributed by atoms with E-state index in [2.05, 4.69) is 9.97 Å². The fraction of sp³-hybridized carbons (Fsp3) is 0.400. The molecule has 0 aliphatic rings. The molecule has 1 aromatic heterocycles. The van der Waals surface area contributed by atoms with E-state index in [9.17, 15) is 9.59 Å². The summed E-state index contributed by atoms with van der Waals surface area (Å²) >= 11 is 0. The van der Waals surface area contributed by atoms with Crippen LogP contribution in [0.3, 0.4) is 0 Å². The molecule has 16 heavy (non-hydrogen) atoms. The molecule has 0 spiro atoms. The first-order valence-electron chi connectivity index (χ1n) is 4.85. The number of carbonyl (C=O) groups excluding carboxylic acids is 2. The fourth-order valence-corrected chi connectivity index (χ4v) is 0.949. The van der Waals surface area contributed by atoms with Gasteiger partial charge in [0.25, 0.3) is 0 Å². The monoisotopic (exact) mass is 224 g/mol. The smallest absolute Gasteiger partial charge is 0.358 e. The second kappa shape index (κ2) is 5.79. The zero-order valence-electron chi connectivity index (χ0n) is 9.10. The van der Waals surface area contributed by atoms with Gasteiger partial charge in [-0.25, -0.2) is 19.6 Å². The SMILES string of the molecule is CCOC(=O)c1cnc(C(=O)OCC)cn1. The van der Waals surface area contributed by atoms with Crippen molar-refractivity contribution in [3.05, 3.63) is 23.8 Å². The summed E-state index contributed by atoms with van der Waals surface area (Å²) in [7, 11) is 0. The highest BCUT2D eigenvalue weighted by atomic mass is 16.5. The van der Waals surface area contributed by atoms with Crippen molar-refractivity contribution in [1.29, 1.82) is 0 Å². The van der Waals surface area contributed by atoms with Crippen molar-refractivity contribution in [2.45, 2.75) is 13.8 Å². The maximum atomic E-state index is 11.2. The summed E-state index contributed by atoms with van der Waals surface area (Å²) in [6, 6.07) is 0. The minimum atomic E-state index is -0.564. The lowest BCUT2D eigenvalue weighted by molar-refractivity contribution is 0.0500. The maximum Gasteiger partial charge on any atom is 0.358 e. The van der Waals surface area contributed by atoms with Crippen LogP contribution in [0.25, 0.3) is 0 Å². The molecule has 6 nitrogen and oxygen atoms in total. The number of ether oxygens (including phenoxy) is 2. The Kier molecular flexibility index (Phi) is 4.38. The molecule has 0 atom stereocenters. The second-order valence-corrected chi connectivity index (χ2v) is 2.73. The van der Waals surface area contributed by atoms with Gasteiger partial charge in [-0.3, -0.25) is 0 Å². The Labute approximate surface area is 92.6 Å². The number of hydrogen-bond acceptors (Lipinski definition) is 6. The number of carbonyl (C=O) groups is 2. The Hall–Kier alpha value is -1.98. The molecule has 1 heterocycles. The fourth-order valence-electron chi connectivity index (χ4n) is 0.949. The van der Waals surface area contributed by atoms with Crippen molar-refractivity contribution in [3.8, 4) is 0 Å². The van der Waals surface area contributed by atoms with Crippen molar-refractivity contribution in [1.82, 2.24) is 9.97 Å². The van der Waals surface area contributed by atoms with E-state index in [1.165, 1.54) is 12.4 Å².